The minimum absolute atomic E-state index is 0.0213. The largest absolute Gasteiger partial charge is 0.497 e. The molecule has 0 aromatic heterocycles. The number of anilines is 1. The second-order valence-corrected chi connectivity index (χ2v) is 12.8. The van der Waals surface area contributed by atoms with E-state index in [2.05, 4.69) is 5.32 Å². The van der Waals surface area contributed by atoms with Gasteiger partial charge in [-0.3, -0.25) is 13.9 Å². The molecule has 4 rings (SSSR count). The SMILES string of the molecule is COc1ccc(S(=O)(=O)N(CC(=O)N(Cc2ccc(Cl)c(Cl)c2)[C@@H](C)C(=O)NC2CCCC2)c2ccc(F)cc2)cc1. The molecule has 3 aromatic rings. The smallest absolute Gasteiger partial charge is 0.264 e. The summed E-state index contributed by atoms with van der Waals surface area (Å²) in [5.74, 6) is -1.10. The molecule has 0 saturated heterocycles. The van der Waals surface area contributed by atoms with Crippen molar-refractivity contribution in [1.29, 1.82) is 0 Å². The molecule has 224 valence electrons. The third-order valence-electron chi connectivity index (χ3n) is 7.25. The Kier molecular flexibility index (Phi) is 10.3. The quantitative estimate of drug-likeness (QED) is 0.287. The number of carbonyl (C=O) groups excluding carboxylic acids is 2. The van der Waals surface area contributed by atoms with Crippen molar-refractivity contribution in [3.8, 4) is 5.75 Å². The number of nitrogens with zero attached hydrogens (tertiary/aromatic N) is 2. The van der Waals surface area contributed by atoms with Gasteiger partial charge in [0.25, 0.3) is 10.0 Å². The molecule has 1 aliphatic rings. The fourth-order valence-corrected chi connectivity index (χ4v) is 6.56. The predicted molar refractivity (Wildman–Crippen MR) is 161 cm³/mol. The van der Waals surface area contributed by atoms with Gasteiger partial charge in [0, 0.05) is 12.6 Å². The zero-order valence-electron chi connectivity index (χ0n) is 23.2. The Balaban J connectivity index is 1.69. The second kappa shape index (κ2) is 13.8. The minimum Gasteiger partial charge on any atom is -0.497 e. The van der Waals surface area contributed by atoms with Crippen LogP contribution >= 0.6 is 23.2 Å². The lowest BCUT2D eigenvalue weighted by molar-refractivity contribution is -0.139. The van der Waals surface area contributed by atoms with Crippen LogP contribution in [0.1, 0.15) is 38.2 Å². The van der Waals surface area contributed by atoms with Crippen molar-refractivity contribution in [3.63, 3.8) is 0 Å². The molecule has 0 spiro atoms. The maximum absolute atomic E-state index is 14.0. The molecule has 12 heteroatoms. The van der Waals surface area contributed by atoms with Crippen molar-refractivity contribution in [2.45, 2.75) is 56.1 Å². The Labute approximate surface area is 255 Å². The minimum atomic E-state index is -4.30. The molecule has 1 N–H and O–H groups in total. The number of rotatable bonds is 11. The Bertz CT molecular complexity index is 1510. The van der Waals surface area contributed by atoms with Crippen LogP contribution in [0.2, 0.25) is 10.0 Å². The van der Waals surface area contributed by atoms with Crippen LogP contribution in [0, 0.1) is 5.82 Å². The van der Waals surface area contributed by atoms with Crippen molar-refractivity contribution in [1.82, 2.24) is 10.2 Å². The number of hydrogen-bond acceptors (Lipinski definition) is 5. The lowest BCUT2D eigenvalue weighted by atomic mass is 10.1. The van der Waals surface area contributed by atoms with E-state index in [9.17, 15) is 22.4 Å². The summed E-state index contributed by atoms with van der Waals surface area (Å²) in [5, 5.41) is 3.62. The van der Waals surface area contributed by atoms with Gasteiger partial charge in [0.15, 0.2) is 0 Å². The molecule has 0 heterocycles. The van der Waals surface area contributed by atoms with E-state index < -0.39 is 34.3 Å². The van der Waals surface area contributed by atoms with Crippen LogP contribution in [0.4, 0.5) is 10.1 Å². The van der Waals surface area contributed by atoms with Gasteiger partial charge >= 0.3 is 0 Å². The van der Waals surface area contributed by atoms with Crippen molar-refractivity contribution in [2.75, 3.05) is 18.0 Å². The lowest BCUT2D eigenvalue weighted by Crippen LogP contribution is -2.52. The predicted octanol–water partition coefficient (Wildman–Crippen LogP) is 5.81. The Hall–Kier alpha value is -3.34. The summed E-state index contributed by atoms with van der Waals surface area (Å²) in [6.07, 6.45) is 3.75. The van der Waals surface area contributed by atoms with Crippen LogP contribution in [0.25, 0.3) is 0 Å². The molecule has 1 saturated carbocycles. The van der Waals surface area contributed by atoms with E-state index in [-0.39, 0.29) is 34.1 Å². The van der Waals surface area contributed by atoms with E-state index in [0.29, 0.717) is 16.3 Å². The summed E-state index contributed by atoms with van der Waals surface area (Å²) < 4.78 is 47.5. The van der Waals surface area contributed by atoms with Gasteiger partial charge in [-0.2, -0.15) is 0 Å². The highest BCUT2D eigenvalue weighted by Gasteiger charge is 2.33. The lowest BCUT2D eigenvalue weighted by Gasteiger charge is -2.32. The van der Waals surface area contributed by atoms with E-state index in [4.69, 9.17) is 27.9 Å². The van der Waals surface area contributed by atoms with Crippen molar-refractivity contribution in [2.24, 2.45) is 0 Å². The number of methoxy groups -OCH3 is 1. The van der Waals surface area contributed by atoms with Crippen molar-refractivity contribution >= 4 is 50.7 Å². The summed E-state index contributed by atoms with van der Waals surface area (Å²) in [6, 6.07) is 14.4. The highest BCUT2D eigenvalue weighted by Crippen LogP contribution is 2.27. The Morgan fingerprint density at radius 1 is 1.00 bits per heavy atom. The number of hydrogen-bond donors (Lipinski definition) is 1. The maximum Gasteiger partial charge on any atom is 0.264 e. The first-order valence-corrected chi connectivity index (χ1v) is 15.7. The standard InChI is InChI=1S/C30H32Cl2FN3O5S/c1-20(30(38)34-23-5-3-4-6-23)35(18-21-7-16-27(31)28(32)17-21)29(37)19-36(24-10-8-22(33)9-11-24)42(39,40)26-14-12-25(41-2)13-15-26/h7-17,20,23H,3-6,18-19H2,1-2H3,(H,34,38)/t20-/m0/s1. The first-order valence-electron chi connectivity index (χ1n) is 13.5. The molecular weight excluding hydrogens is 604 g/mol. The number of ether oxygens (including phenoxy) is 1. The van der Waals surface area contributed by atoms with E-state index in [1.807, 2.05) is 0 Å². The molecule has 2 amide bonds. The number of benzene rings is 3. The van der Waals surface area contributed by atoms with Gasteiger partial charge < -0.3 is 15.0 Å². The van der Waals surface area contributed by atoms with E-state index in [1.54, 1.807) is 25.1 Å². The van der Waals surface area contributed by atoms with Crippen molar-refractivity contribution in [3.05, 3.63) is 88.2 Å². The molecule has 0 aliphatic heterocycles. The highest BCUT2D eigenvalue weighted by atomic mass is 35.5. The summed E-state index contributed by atoms with van der Waals surface area (Å²) in [5.41, 5.74) is 0.683. The van der Waals surface area contributed by atoms with Gasteiger partial charge in [-0.1, -0.05) is 42.1 Å². The molecule has 8 nitrogen and oxygen atoms in total. The molecule has 3 aromatic carbocycles. The van der Waals surface area contributed by atoms with Gasteiger partial charge in [-0.05, 0) is 86.0 Å². The fourth-order valence-electron chi connectivity index (χ4n) is 4.82. The van der Waals surface area contributed by atoms with Crippen LogP contribution < -0.4 is 14.4 Å². The molecule has 0 bridgehead atoms. The number of sulfonamides is 1. The third kappa shape index (κ3) is 7.53. The van der Waals surface area contributed by atoms with Gasteiger partial charge in [0.1, 0.15) is 24.2 Å². The number of nitrogens with one attached hydrogen (secondary N) is 1. The first-order chi connectivity index (χ1) is 20.0. The molecular formula is C30H32Cl2FN3O5S. The van der Waals surface area contributed by atoms with E-state index in [1.165, 1.54) is 48.4 Å². The summed E-state index contributed by atoms with van der Waals surface area (Å²) in [6.45, 7) is 0.914. The van der Waals surface area contributed by atoms with E-state index in [0.717, 1.165) is 42.1 Å². The van der Waals surface area contributed by atoms with Crippen LogP contribution in [0.15, 0.2) is 71.6 Å². The summed E-state index contributed by atoms with van der Waals surface area (Å²) in [4.78, 5) is 28.5. The zero-order chi connectivity index (χ0) is 30.4. The Morgan fingerprint density at radius 2 is 1.64 bits per heavy atom. The molecule has 1 fully saturated rings. The van der Waals surface area contributed by atoms with Crippen LogP contribution in [-0.4, -0.2) is 50.9 Å². The monoisotopic (exact) mass is 635 g/mol. The van der Waals surface area contributed by atoms with E-state index >= 15 is 0 Å². The molecule has 0 unspecified atom stereocenters. The average Bonchev–Trinajstić information content (AvgIpc) is 3.49. The fraction of sp³-hybridized carbons (Fsp3) is 0.333. The highest BCUT2D eigenvalue weighted by molar-refractivity contribution is 7.92. The molecule has 0 radical (unpaired) electrons. The average molecular weight is 637 g/mol. The van der Waals surface area contributed by atoms with Gasteiger partial charge in [-0.15, -0.1) is 0 Å². The van der Waals surface area contributed by atoms with Crippen LogP contribution in [-0.2, 0) is 26.2 Å². The van der Waals surface area contributed by atoms with Gasteiger partial charge in [0.2, 0.25) is 11.8 Å². The molecule has 42 heavy (non-hydrogen) atoms. The topological polar surface area (TPSA) is 96.0 Å². The summed E-state index contributed by atoms with van der Waals surface area (Å²) >= 11 is 12.3. The number of carbonyl (C=O) groups is 2. The van der Waals surface area contributed by atoms with Gasteiger partial charge in [-0.25, -0.2) is 12.8 Å². The van der Waals surface area contributed by atoms with Crippen molar-refractivity contribution < 1.29 is 27.1 Å². The molecule has 1 aliphatic carbocycles. The number of halogens is 3. The maximum atomic E-state index is 14.0. The van der Waals surface area contributed by atoms with Crippen LogP contribution in [0.3, 0.4) is 0 Å². The number of amides is 2. The molecule has 1 atom stereocenters. The second-order valence-electron chi connectivity index (χ2n) is 10.1. The zero-order valence-corrected chi connectivity index (χ0v) is 25.6. The Morgan fingerprint density at radius 3 is 2.24 bits per heavy atom. The normalized spacial score (nSPS) is 14.3. The van der Waals surface area contributed by atoms with Gasteiger partial charge in [0.05, 0.1) is 27.7 Å². The third-order valence-corrected chi connectivity index (χ3v) is 9.77. The van der Waals surface area contributed by atoms with Crippen LogP contribution in [0.5, 0.6) is 5.75 Å². The first kappa shape index (κ1) is 31.6. The summed E-state index contributed by atoms with van der Waals surface area (Å²) in [7, 11) is -2.84.